The van der Waals surface area contributed by atoms with E-state index in [1.54, 1.807) is 0 Å². The van der Waals surface area contributed by atoms with Crippen molar-refractivity contribution in [3.8, 4) is 11.4 Å². The molecule has 1 aliphatic carbocycles. The van der Waals surface area contributed by atoms with E-state index in [0.717, 1.165) is 24.1 Å². The summed E-state index contributed by atoms with van der Waals surface area (Å²) in [7, 11) is 0. The molecule has 0 saturated heterocycles. The second kappa shape index (κ2) is 6.47. The van der Waals surface area contributed by atoms with Crippen molar-refractivity contribution in [2.75, 3.05) is 5.32 Å². The van der Waals surface area contributed by atoms with Gasteiger partial charge in [0.2, 0.25) is 11.7 Å². The summed E-state index contributed by atoms with van der Waals surface area (Å²) in [5.41, 5.74) is 5.60. The van der Waals surface area contributed by atoms with E-state index >= 15 is 0 Å². The lowest BCUT2D eigenvalue weighted by atomic mass is 10.1. The number of aromatic nitrogens is 4. The Morgan fingerprint density at radius 2 is 1.92 bits per heavy atom. The summed E-state index contributed by atoms with van der Waals surface area (Å²) in [6.07, 6.45) is 3.41. The molecule has 0 bridgehead atoms. The lowest BCUT2D eigenvalue weighted by molar-refractivity contribution is -0.117. The molecule has 1 aliphatic rings. The Morgan fingerprint density at radius 1 is 1.12 bits per heavy atom. The number of carbonyl (C=O) groups is 1. The van der Waals surface area contributed by atoms with Crippen molar-refractivity contribution in [1.82, 2.24) is 20.2 Å². The van der Waals surface area contributed by atoms with Gasteiger partial charge in [0.25, 0.3) is 0 Å². The number of nitrogens with one attached hydrogen (secondary N) is 1. The van der Waals surface area contributed by atoms with E-state index in [-0.39, 0.29) is 12.5 Å². The number of hydrogen-bond acceptors (Lipinski definition) is 4. The average molecular weight is 333 g/mol. The molecule has 0 saturated carbocycles. The predicted octanol–water partition coefficient (Wildman–Crippen LogP) is 2.78. The number of benzene rings is 2. The van der Waals surface area contributed by atoms with Crippen LogP contribution in [0.25, 0.3) is 11.4 Å². The molecular formula is C19H19N5O. The number of fused-ring (bicyclic) bond motifs is 1. The highest BCUT2D eigenvalue weighted by Gasteiger charge is 2.13. The first kappa shape index (κ1) is 15.5. The largest absolute Gasteiger partial charge is 0.324 e. The van der Waals surface area contributed by atoms with Gasteiger partial charge in [0.05, 0.1) is 0 Å². The lowest BCUT2D eigenvalue weighted by Crippen LogP contribution is -2.20. The summed E-state index contributed by atoms with van der Waals surface area (Å²) in [5.74, 6) is 0.358. The number of aryl methyl sites for hydroxylation is 3. The van der Waals surface area contributed by atoms with Crippen molar-refractivity contribution in [3.63, 3.8) is 0 Å². The first-order valence-electron chi connectivity index (χ1n) is 8.44. The van der Waals surface area contributed by atoms with Crippen LogP contribution < -0.4 is 5.32 Å². The number of anilines is 1. The molecule has 25 heavy (non-hydrogen) atoms. The van der Waals surface area contributed by atoms with Gasteiger partial charge in [-0.05, 0) is 54.7 Å². The first-order chi connectivity index (χ1) is 12.2. The molecule has 1 N–H and O–H groups in total. The Kier molecular flexibility index (Phi) is 4.01. The van der Waals surface area contributed by atoms with Gasteiger partial charge >= 0.3 is 0 Å². The molecule has 1 heterocycles. The minimum Gasteiger partial charge on any atom is -0.324 e. The van der Waals surface area contributed by atoms with Crippen molar-refractivity contribution in [3.05, 3.63) is 59.2 Å². The maximum Gasteiger partial charge on any atom is 0.248 e. The second-order valence-corrected chi connectivity index (χ2v) is 6.39. The molecule has 1 amide bonds. The van der Waals surface area contributed by atoms with Gasteiger partial charge in [0.1, 0.15) is 6.54 Å². The van der Waals surface area contributed by atoms with E-state index < -0.39 is 0 Å². The third-order valence-corrected chi connectivity index (χ3v) is 4.43. The smallest absolute Gasteiger partial charge is 0.248 e. The topological polar surface area (TPSA) is 72.7 Å². The molecule has 0 fully saturated rings. The first-order valence-corrected chi connectivity index (χ1v) is 8.44. The molecule has 0 unspecified atom stereocenters. The normalized spacial score (nSPS) is 12.8. The van der Waals surface area contributed by atoms with E-state index in [2.05, 4.69) is 32.9 Å². The minimum absolute atomic E-state index is 0.0376. The molecule has 3 aromatic rings. The van der Waals surface area contributed by atoms with Gasteiger partial charge in [-0.3, -0.25) is 4.79 Å². The van der Waals surface area contributed by atoms with Gasteiger partial charge in [-0.1, -0.05) is 35.9 Å². The molecule has 0 radical (unpaired) electrons. The maximum absolute atomic E-state index is 12.2. The molecule has 0 atom stereocenters. The molecule has 126 valence electrons. The standard InChI is InChI=1S/C19H19N5O/c1-13-5-7-15(8-6-13)19-21-23-24(22-19)12-18(25)20-17-10-9-14-3-2-4-16(14)11-17/h5-11H,2-4,12H2,1H3,(H,20,25). The summed E-state index contributed by atoms with van der Waals surface area (Å²) in [5, 5.41) is 15.2. The zero-order valence-corrected chi connectivity index (χ0v) is 14.1. The fourth-order valence-electron chi connectivity index (χ4n) is 3.11. The monoisotopic (exact) mass is 333 g/mol. The molecule has 2 aromatic carbocycles. The third-order valence-electron chi connectivity index (χ3n) is 4.43. The summed E-state index contributed by atoms with van der Waals surface area (Å²) < 4.78 is 0. The Balaban J connectivity index is 1.42. The summed E-state index contributed by atoms with van der Waals surface area (Å²) in [6.45, 7) is 2.06. The van der Waals surface area contributed by atoms with Gasteiger partial charge in [-0.25, -0.2) is 0 Å². The fraction of sp³-hybridized carbons (Fsp3) is 0.263. The van der Waals surface area contributed by atoms with Gasteiger partial charge in [0.15, 0.2) is 0 Å². The van der Waals surface area contributed by atoms with Gasteiger partial charge < -0.3 is 5.32 Å². The lowest BCUT2D eigenvalue weighted by Gasteiger charge is -2.06. The van der Waals surface area contributed by atoms with Crippen LogP contribution in [0, 0.1) is 6.92 Å². The molecule has 0 aliphatic heterocycles. The number of tetrazole rings is 1. The number of amides is 1. The Hall–Kier alpha value is -3.02. The zero-order valence-electron chi connectivity index (χ0n) is 14.1. The number of carbonyl (C=O) groups excluding carboxylic acids is 1. The number of rotatable bonds is 4. The van der Waals surface area contributed by atoms with Crippen LogP contribution in [0.3, 0.4) is 0 Å². The van der Waals surface area contributed by atoms with E-state index in [1.807, 2.05) is 37.3 Å². The van der Waals surface area contributed by atoms with E-state index in [0.29, 0.717) is 5.82 Å². The number of hydrogen-bond donors (Lipinski definition) is 1. The van der Waals surface area contributed by atoms with Crippen molar-refractivity contribution >= 4 is 11.6 Å². The Labute approximate surface area is 145 Å². The summed E-state index contributed by atoms with van der Waals surface area (Å²) in [6, 6.07) is 14.0. The third kappa shape index (κ3) is 3.42. The van der Waals surface area contributed by atoms with Gasteiger partial charge in [0, 0.05) is 11.3 Å². The highest BCUT2D eigenvalue weighted by molar-refractivity contribution is 5.90. The van der Waals surface area contributed by atoms with E-state index in [9.17, 15) is 4.79 Å². The minimum atomic E-state index is -0.161. The predicted molar refractivity (Wildman–Crippen MR) is 95.1 cm³/mol. The van der Waals surface area contributed by atoms with Crippen LogP contribution in [0.4, 0.5) is 5.69 Å². The van der Waals surface area contributed by atoms with Crippen LogP contribution in [0.2, 0.25) is 0 Å². The molecule has 1 aromatic heterocycles. The highest BCUT2D eigenvalue weighted by Crippen LogP contribution is 2.24. The molecule has 0 spiro atoms. The summed E-state index contributed by atoms with van der Waals surface area (Å²) >= 11 is 0. The van der Waals surface area contributed by atoms with Crippen LogP contribution >= 0.6 is 0 Å². The number of nitrogens with zero attached hydrogens (tertiary/aromatic N) is 4. The van der Waals surface area contributed by atoms with Gasteiger partial charge in [-0.2, -0.15) is 4.80 Å². The van der Waals surface area contributed by atoms with Crippen LogP contribution in [0.5, 0.6) is 0 Å². The van der Waals surface area contributed by atoms with Crippen LogP contribution in [0.15, 0.2) is 42.5 Å². The summed E-state index contributed by atoms with van der Waals surface area (Å²) in [4.78, 5) is 13.6. The van der Waals surface area contributed by atoms with Crippen LogP contribution in [-0.4, -0.2) is 26.1 Å². The van der Waals surface area contributed by atoms with E-state index in [4.69, 9.17) is 0 Å². The Morgan fingerprint density at radius 3 is 2.76 bits per heavy atom. The van der Waals surface area contributed by atoms with Crippen molar-refractivity contribution in [1.29, 1.82) is 0 Å². The van der Waals surface area contributed by atoms with Crippen LogP contribution in [-0.2, 0) is 24.2 Å². The molecule has 6 heteroatoms. The van der Waals surface area contributed by atoms with Crippen molar-refractivity contribution in [2.45, 2.75) is 32.7 Å². The van der Waals surface area contributed by atoms with Crippen molar-refractivity contribution < 1.29 is 4.79 Å². The van der Waals surface area contributed by atoms with Gasteiger partial charge in [-0.15, -0.1) is 10.2 Å². The van der Waals surface area contributed by atoms with E-state index in [1.165, 1.54) is 27.9 Å². The molecular weight excluding hydrogens is 314 g/mol. The average Bonchev–Trinajstić information content (AvgIpc) is 3.24. The molecule has 6 nitrogen and oxygen atoms in total. The Bertz CT molecular complexity index is 914. The molecule has 4 rings (SSSR count). The van der Waals surface area contributed by atoms with Crippen molar-refractivity contribution in [2.24, 2.45) is 0 Å². The maximum atomic E-state index is 12.2. The fourth-order valence-corrected chi connectivity index (χ4v) is 3.11. The quantitative estimate of drug-likeness (QED) is 0.797. The highest BCUT2D eigenvalue weighted by atomic mass is 16.2. The van der Waals surface area contributed by atoms with Crippen LogP contribution in [0.1, 0.15) is 23.1 Å². The SMILES string of the molecule is Cc1ccc(-c2nnn(CC(=O)Nc3ccc4c(c3)CCC4)n2)cc1. The zero-order chi connectivity index (χ0) is 17.2. The second-order valence-electron chi connectivity index (χ2n) is 6.39.